The largest absolute Gasteiger partial charge is 0.423 e. The van der Waals surface area contributed by atoms with Gasteiger partial charge in [-0.25, -0.2) is 4.79 Å². The number of aromatic nitrogens is 1. The van der Waals surface area contributed by atoms with Gasteiger partial charge in [0.25, 0.3) is 0 Å². The number of hydrogen-bond donors (Lipinski definition) is 0. The normalized spacial score (nSPS) is 13.9. The van der Waals surface area contributed by atoms with E-state index in [9.17, 15) is 4.79 Å². The van der Waals surface area contributed by atoms with Crippen molar-refractivity contribution in [2.24, 2.45) is 5.92 Å². The number of nitrogens with zero attached hydrogens (tertiary/aromatic N) is 1. The molecule has 0 radical (unpaired) electrons. The molecule has 1 aliphatic rings. The number of benzene rings is 3. The summed E-state index contributed by atoms with van der Waals surface area (Å²) < 4.78 is 5.71. The van der Waals surface area contributed by atoms with Gasteiger partial charge >= 0.3 is 5.97 Å². The second-order valence-corrected chi connectivity index (χ2v) is 8.72. The standard InChI is InChI=1S/C32H27NO2/c1-2-30(34)35-29-14-7-6-13-28(29)32(31(26-11-8-12-26)25-9-4-3-5-10-25)27-17-15-23(16-18-27)24-19-21-33-22-20-24/h2-7,9-10,13-22,26H,1,8,11-12H2/b32-31-. The average Bonchev–Trinajstić information content (AvgIpc) is 2.89. The van der Waals surface area contributed by atoms with Gasteiger partial charge in [0.1, 0.15) is 5.75 Å². The minimum atomic E-state index is -0.463. The smallest absolute Gasteiger partial charge is 0.335 e. The molecule has 3 aromatic carbocycles. The van der Waals surface area contributed by atoms with Crippen LogP contribution in [0.3, 0.4) is 0 Å². The van der Waals surface area contributed by atoms with Gasteiger partial charge in [-0.2, -0.15) is 0 Å². The highest BCUT2D eigenvalue weighted by Crippen LogP contribution is 2.46. The van der Waals surface area contributed by atoms with Crippen molar-refractivity contribution in [3.8, 4) is 16.9 Å². The molecular formula is C32H27NO2. The number of rotatable bonds is 7. The lowest BCUT2D eigenvalue weighted by Gasteiger charge is -2.32. The molecule has 0 unspecified atom stereocenters. The quantitative estimate of drug-likeness (QED) is 0.124. The number of ether oxygens (including phenoxy) is 1. The molecule has 0 N–H and O–H groups in total. The first-order chi connectivity index (χ1) is 17.2. The van der Waals surface area contributed by atoms with Gasteiger partial charge in [0.2, 0.25) is 0 Å². The van der Waals surface area contributed by atoms with Crippen LogP contribution in [0.15, 0.2) is 116 Å². The zero-order valence-electron chi connectivity index (χ0n) is 19.6. The fraction of sp³-hybridized carbons (Fsp3) is 0.125. The maximum Gasteiger partial charge on any atom is 0.335 e. The van der Waals surface area contributed by atoms with E-state index in [0.717, 1.165) is 40.7 Å². The number of para-hydroxylation sites is 1. The van der Waals surface area contributed by atoms with Crippen LogP contribution in [0, 0.1) is 5.92 Å². The molecule has 3 nitrogen and oxygen atoms in total. The van der Waals surface area contributed by atoms with Gasteiger partial charge in [0.15, 0.2) is 0 Å². The van der Waals surface area contributed by atoms with Crippen molar-refractivity contribution in [3.05, 3.63) is 133 Å². The Hall–Kier alpha value is -4.24. The molecular weight excluding hydrogens is 430 g/mol. The van der Waals surface area contributed by atoms with Crippen molar-refractivity contribution < 1.29 is 9.53 Å². The van der Waals surface area contributed by atoms with Gasteiger partial charge in [0, 0.05) is 24.0 Å². The number of allylic oxidation sites excluding steroid dienone is 1. The molecule has 1 saturated carbocycles. The molecule has 1 heterocycles. The number of carbonyl (C=O) groups is 1. The van der Waals surface area contributed by atoms with E-state index in [1.165, 1.54) is 23.6 Å². The van der Waals surface area contributed by atoms with E-state index in [0.29, 0.717) is 11.7 Å². The number of carbonyl (C=O) groups excluding carboxylic acids is 1. The van der Waals surface area contributed by atoms with Crippen LogP contribution in [0.2, 0.25) is 0 Å². The van der Waals surface area contributed by atoms with Gasteiger partial charge in [-0.05, 0) is 70.4 Å². The summed E-state index contributed by atoms with van der Waals surface area (Å²) in [7, 11) is 0. The summed E-state index contributed by atoms with van der Waals surface area (Å²) in [6, 6.07) is 31.0. The third kappa shape index (κ3) is 4.85. The first kappa shape index (κ1) is 22.5. The number of hydrogen-bond acceptors (Lipinski definition) is 3. The monoisotopic (exact) mass is 457 g/mol. The van der Waals surface area contributed by atoms with Crippen LogP contribution in [-0.2, 0) is 4.79 Å². The molecule has 0 amide bonds. The van der Waals surface area contributed by atoms with Crippen molar-refractivity contribution in [2.75, 3.05) is 0 Å². The Morgan fingerprint density at radius 2 is 1.46 bits per heavy atom. The molecule has 5 rings (SSSR count). The van der Waals surface area contributed by atoms with Crippen LogP contribution in [-0.4, -0.2) is 11.0 Å². The fourth-order valence-electron chi connectivity index (χ4n) is 4.64. The molecule has 0 aliphatic heterocycles. The molecule has 0 bridgehead atoms. The minimum Gasteiger partial charge on any atom is -0.423 e. The molecule has 1 aromatic heterocycles. The highest BCUT2D eigenvalue weighted by Gasteiger charge is 2.28. The Bertz CT molecular complexity index is 1350. The lowest BCUT2D eigenvalue weighted by Crippen LogP contribution is -2.15. The molecule has 0 atom stereocenters. The van der Waals surface area contributed by atoms with Crippen LogP contribution in [0.5, 0.6) is 5.75 Å². The highest BCUT2D eigenvalue weighted by molar-refractivity contribution is 6.01. The zero-order valence-corrected chi connectivity index (χ0v) is 19.6. The van der Waals surface area contributed by atoms with Crippen molar-refractivity contribution in [3.63, 3.8) is 0 Å². The van der Waals surface area contributed by atoms with Gasteiger partial charge in [-0.15, -0.1) is 0 Å². The van der Waals surface area contributed by atoms with Crippen molar-refractivity contribution >= 4 is 17.1 Å². The molecule has 4 aromatic rings. The van der Waals surface area contributed by atoms with Crippen LogP contribution < -0.4 is 4.74 Å². The Balaban J connectivity index is 1.73. The summed E-state index contributed by atoms with van der Waals surface area (Å²) in [5.41, 5.74) is 7.87. The molecule has 172 valence electrons. The Kier molecular flexibility index (Phi) is 6.67. The second kappa shape index (κ2) is 10.4. The van der Waals surface area contributed by atoms with Crippen molar-refractivity contribution in [1.29, 1.82) is 0 Å². The van der Waals surface area contributed by atoms with Crippen LogP contribution in [0.4, 0.5) is 0 Å². The molecule has 1 fully saturated rings. The third-order valence-corrected chi connectivity index (χ3v) is 6.59. The maximum atomic E-state index is 12.2. The zero-order chi connectivity index (χ0) is 24.0. The van der Waals surface area contributed by atoms with E-state index in [-0.39, 0.29) is 0 Å². The second-order valence-electron chi connectivity index (χ2n) is 8.72. The van der Waals surface area contributed by atoms with Gasteiger partial charge in [-0.3, -0.25) is 4.98 Å². The van der Waals surface area contributed by atoms with E-state index in [1.807, 2.05) is 54.9 Å². The van der Waals surface area contributed by atoms with Crippen LogP contribution >= 0.6 is 0 Å². The van der Waals surface area contributed by atoms with E-state index in [4.69, 9.17) is 4.74 Å². The average molecular weight is 458 g/mol. The van der Waals surface area contributed by atoms with Crippen LogP contribution in [0.25, 0.3) is 22.3 Å². The first-order valence-corrected chi connectivity index (χ1v) is 12.0. The number of pyridine rings is 1. The topological polar surface area (TPSA) is 39.2 Å². The van der Waals surface area contributed by atoms with E-state index < -0.39 is 5.97 Å². The molecule has 35 heavy (non-hydrogen) atoms. The summed E-state index contributed by atoms with van der Waals surface area (Å²) in [4.78, 5) is 16.3. The summed E-state index contributed by atoms with van der Waals surface area (Å²) in [5.74, 6) is 0.531. The molecule has 0 saturated heterocycles. The van der Waals surface area contributed by atoms with E-state index in [2.05, 4.69) is 60.1 Å². The van der Waals surface area contributed by atoms with Gasteiger partial charge in [-0.1, -0.05) is 85.8 Å². The highest BCUT2D eigenvalue weighted by atomic mass is 16.5. The van der Waals surface area contributed by atoms with Gasteiger partial charge < -0.3 is 4.74 Å². The number of esters is 1. The minimum absolute atomic E-state index is 0.454. The van der Waals surface area contributed by atoms with E-state index >= 15 is 0 Å². The maximum absolute atomic E-state index is 12.2. The predicted octanol–water partition coefficient (Wildman–Crippen LogP) is 7.60. The Labute approximate surface area is 206 Å². The fourth-order valence-corrected chi connectivity index (χ4v) is 4.64. The van der Waals surface area contributed by atoms with Crippen LogP contribution in [0.1, 0.15) is 36.0 Å². The predicted molar refractivity (Wildman–Crippen MR) is 142 cm³/mol. The van der Waals surface area contributed by atoms with Crippen molar-refractivity contribution in [1.82, 2.24) is 4.98 Å². The lowest BCUT2D eigenvalue weighted by atomic mass is 9.73. The Morgan fingerprint density at radius 1 is 0.800 bits per heavy atom. The lowest BCUT2D eigenvalue weighted by molar-refractivity contribution is -0.128. The SMILES string of the molecule is C=CC(=O)Oc1ccccc1/C(=C(/c1ccccc1)C1CCC1)c1ccc(-c2ccncc2)cc1. The summed E-state index contributed by atoms with van der Waals surface area (Å²) in [6.07, 6.45) is 8.34. The van der Waals surface area contributed by atoms with Gasteiger partial charge in [0.05, 0.1) is 0 Å². The summed E-state index contributed by atoms with van der Waals surface area (Å²) in [5, 5.41) is 0. The third-order valence-electron chi connectivity index (χ3n) is 6.59. The molecule has 0 spiro atoms. The van der Waals surface area contributed by atoms with Crippen molar-refractivity contribution in [2.45, 2.75) is 19.3 Å². The summed E-state index contributed by atoms with van der Waals surface area (Å²) >= 11 is 0. The first-order valence-electron chi connectivity index (χ1n) is 12.0. The Morgan fingerprint density at radius 3 is 2.11 bits per heavy atom. The van der Waals surface area contributed by atoms with E-state index in [1.54, 1.807) is 0 Å². The molecule has 3 heteroatoms. The summed E-state index contributed by atoms with van der Waals surface area (Å²) in [6.45, 7) is 3.57. The molecule has 1 aliphatic carbocycles.